The van der Waals surface area contributed by atoms with Gasteiger partial charge in [0.25, 0.3) is 0 Å². The van der Waals surface area contributed by atoms with Gasteiger partial charge in [0.2, 0.25) is 0 Å². The van der Waals surface area contributed by atoms with E-state index in [1.54, 1.807) is 17.8 Å². The Bertz CT molecular complexity index is 170. The molecule has 0 saturated carbocycles. The monoisotopic (exact) mass is 141 g/mol. The third-order valence-electron chi connectivity index (χ3n) is 1.21. The SMILES string of the molecule is N#CC(O)C1=CCSC1. The summed E-state index contributed by atoms with van der Waals surface area (Å²) in [6.07, 6.45) is 1.05. The van der Waals surface area contributed by atoms with Crippen LogP contribution in [0.15, 0.2) is 11.6 Å². The molecule has 1 atom stereocenters. The number of aliphatic hydroxyl groups excluding tert-OH is 1. The van der Waals surface area contributed by atoms with Crippen LogP contribution in [0.25, 0.3) is 0 Å². The van der Waals surface area contributed by atoms with Gasteiger partial charge in [-0.3, -0.25) is 0 Å². The van der Waals surface area contributed by atoms with Gasteiger partial charge in [0.15, 0.2) is 6.10 Å². The minimum Gasteiger partial charge on any atom is -0.374 e. The minimum atomic E-state index is -0.861. The zero-order valence-electron chi connectivity index (χ0n) is 4.87. The molecule has 1 heterocycles. The largest absolute Gasteiger partial charge is 0.374 e. The van der Waals surface area contributed by atoms with Crippen LogP contribution in [-0.4, -0.2) is 22.7 Å². The molecule has 0 aromatic carbocycles. The Labute approximate surface area is 58.2 Å². The third-order valence-corrected chi connectivity index (χ3v) is 2.15. The molecule has 0 fully saturated rings. The minimum absolute atomic E-state index is 0.814. The molecule has 1 aliphatic heterocycles. The second-order valence-electron chi connectivity index (χ2n) is 1.83. The average Bonchev–Trinajstić information content (AvgIpc) is 2.37. The van der Waals surface area contributed by atoms with Crippen molar-refractivity contribution in [3.63, 3.8) is 0 Å². The van der Waals surface area contributed by atoms with Crippen molar-refractivity contribution >= 4 is 11.8 Å². The van der Waals surface area contributed by atoms with E-state index < -0.39 is 6.10 Å². The predicted octanol–water partition coefficient (Wildman–Crippen LogP) is 0.544. The molecule has 1 unspecified atom stereocenters. The van der Waals surface area contributed by atoms with Crippen LogP contribution in [-0.2, 0) is 0 Å². The lowest BCUT2D eigenvalue weighted by atomic mass is 10.2. The Morgan fingerprint density at radius 2 is 2.67 bits per heavy atom. The highest BCUT2D eigenvalue weighted by Crippen LogP contribution is 2.19. The van der Waals surface area contributed by atoms with Crippen LogP contribution in [0.2, 0.25) is 0 Å². The molecule has 0 spiro atoms. The van der Waals surface area contributed by atoms with E-state index in [2.05, 4.69) is 0 Å². The molecule has 1 N–H and O–H groups in total. The van der Waals surface area contributed by atoms with Gasteiger partial charge in [-0.1, -0.05) is 6.08 Å². The van der Waals surface area contributed by atoms with Gasteiger partial charge in [0.1, 0.15) is 0 Å². The van der Waals surface area contributed by atoms with Gasteiger partial charge in [-0.25, -0.2) is 0 Å². The van der Waals surface area contributed by atoms with Crippen molar-refractivity contribution in [2.45, 2.75) is 6.10 Å². The number of hydrogen-bond donors (Lipinski definition) is 1. The van der Waals surface area contributed by atoms with Gasteiger partial charge in [0, 0.05) is 11.5 Å². The van der Waals surface area contributed by atoms with E-state index >= 15 is 0 Å². The Hall–Kier alpha value is -0.460. The van der Waals surface area contributed by atoms with Crippen LogP contribution >= 0.6 is 11.8 Å². The predicted molar refractivity (Wildman–Crippen MR) is 37.0 cm³/mol. The smallest absolute Gasteiger partial charge is 0.162 e. The van der Waals surface area contributed by atoms with Crippen LogP contribution in [0.3, 0.4) is 0 Å². The number of thioether (sulfide) groups is 1. The topological polar surface area (TPSA) is 44.0 Å². The van der Waals surface area contributed by atoms with E-state index in [0.717, 1.165) is 17.1 Å². The van der Waals surface area contributed by atoms with E-state index in [0.29, 0.717) is 0 Å². The summed E-state index contributed by atoms with van der Waals surface area (Å²) in [5, 5.41) is 17.2. The van der Waals surface area contributed by atoms with Gasteiger partial charge in [-0.05, 0) is 5.57 Å². The summed E-state index contributed by atoms with van der Waals surface area (Å²) in [7, 11) is 0. The summed E-state index contributed by atoms with van der Waals surface area (Å²) in [5.41, 5.74) is 0.863. The number of rotatable bonds is 1. The van der Waals surface area contributed by atoms with Crippen molar-refractivity contribution in [2.24, 2.45) is 0 Å². The fourth-order valence-corrected chi connectivity index (χ4v) is 1.64. The maximum atomic E-state index is 8.91. The molecule has 3 heteroatoms. The highest BCUT2D eigenvalue weighted by molar-refractivity contribution is 7.99. The molecular formula is C6H7NOS. The fourth-order valence-electron chi connectivity index (χ4n) is 0.675. The molecule has 0 bridgehead atoms. The van der Waals surface area contributed by atoms with Crippen molar-refractivity contribution in [3.8, 4) is 6.07 Å². The quantitative estimate of drug-likeness (QED) is 0.428. The first-order chi connectivity index (χ1) is 4.34. The molecule has 0 aliphatic carbocycles. The number of nitrogens with zero attached hydrogens (tertiary/aromatic N) is 1. The van der Waals surface area contributed by atoms with Crippen molar-refractivity contribution in [1.29, 1.82) is 5.26 Å². The Morgan fingerprint density at radius 3 is 3.11 bits per heavy atom. The van der Waals surface area contributed by atoms with Crippen molar-refractivity contribution < 1.29 is 5.11 Å². The molecule has 48 valence electrons. The summed E-state index contributed by atoms with van der Waals surface area (Å²) in [4.78, 5) is 0. The number of aliphatic hydroxyl groups is 1. The van der Waals surface area contributed by atoms with E-state index in [1.165, 1.54) is 0 Å². The molecule has 1 aliphatic rings. The first-order valence-corrected chi connectivity index (χ1v) is 3.84. The van der Waals surface area contributed by atoms with Crippen LogP contribution in [0.4, 0.5) is 0 Å². The lowest BCUT2D eigenvalue weighted by Crippen LogP contribution is -2.06. The lowest BCUT2D eigenvalue weighted by molar-refractivity contribution is 0.267. The first kappa shape index (κ1) is 6.66. The zero-order chi connectivity index (χ0) is 6.69. The van der Waals surface area contributed by atoms with Crippen molar-refractivity contribution in [1.82, 2.24) is 0 Å². The van der Waals surface area contributed by atoms with E-state index in [9.17, 15) is 0 Å². The lowest BCUT2D eigenvalue weighted by Gasteiger charge is -1.98. The molecule has 0 saturated heterocycles. The molecular weight excluding hydrogens is 134 g/mol. The van der Waals surface area contributed by atoms with E-state index in [1.807, 2.05) is 6.08 Å². The average molecular weight is 141 g/mol. The summed E-state index contributed by atoms with van der Waals surface area (Å²) in [6, 6.07) is 1.78. The first-order valence-electron chi connectivity index (χ1n) is 2.69. The highest BCUT2D eigenvalue weighted by atomic mass is 32.2. The fraction of sp³-hybridized carbons (Fsp3) is 0.500. The van der Waals surface area contributed by atoms with Crippen molar-refractivity contribution in [3.05, 3.63) is 11.6 Å². The number of hydrogen-bond acceptors (Lipinski definition) is 3. The molecule has 0 amide bonds. The van der Waals surface area contributed by atoms with Crippen LogP contribution < -0.4 is 0 Å². The third kappa shape index (κ3) is 1.47. The van der Waals surface area contributed by atoms with Crippen LogP contribution in [0, 0.1) is 11.3 Å². The van der Waals surface area contributed by atoms with Gasteiger partial charge in [0.05, 0.1) is 6.07 Å². The second kappa shape index (κ2) is 2.90. The van der Waals surface area contributed by atoms with E-state index in [4.69, 9.17) is 10.4 Å². The Kier molecular flexibility index (Phi) is 2.15. The van der Waals surface area contributed by atoms with E-state index in [-0.39, 0.29) is 0 Å². The standard InChI is InChI=1S/C6H7NOS/c7-3-6(8)5-1-2-9-4-5/h1,6,8H,2,4H2. The molecule has 0 aromatic rings. The van der Waals surface area contributed by atoms with Gasteiger partial charge >= 0.3 is 0 Å². The summed E-state index contributed by atoms with van der Waals surface area (Å²) < 4.78 is 0. The highest BCUT2D eigenvalue weighted by Gasteiger charge is 2.12. The number of nitriles is 1. The Morgan fingerprint density at radius 1 is 1.89 bits per heavy atom. The van der Waals surface area contributed by atoms with Crippen LogP contribution in [0.5, 0.6) is 0 Å². The second-order valence-corrected chi connectivity index (χ2v) is 2.86. The van der Waals surface area contributed by atoms with Crippen LogP contribution in [0.1, 0.15) is 0 Å². The maximum absolute atomic E-state index is 8.91. The Balaban J connectivity index is 2.53. The van der Waals surface area contributed by atoms with Gasteiger partial charge < -0.3 is 5.11 Å². The molecule has 2 nitrogen and oxygen atoms in total. The molecule has 9 heavy (non-hydrogen) atoms. The molecule has 1 rings (SSSR count). The maximum Gasteiger partial charge on any atom is 0.162 e. The summed E-state index contributed by atoms with van der Waals surface area (Å²) in [6.45, 7) is 0. The van der Waals surface area contributed by atoms with Crippen molar-refractivity contribution in [2.75, 3.05) is 11.5 Å². The zero-order valence-corrected chi connectivity index (χ0v) is 5.69. The normalized spacial score (nSPS) is 20.7. The summed E-state index contributed by atoms with van der Waals surface area (Å²) >= 11 is 1.72. The summed E-state index contributed by atoms with van der Waals surface area (Å²) in [5.74, 6) is 1.75. The molecule has 0 aromatic heterocycles. The van der Waals surface area contributed by atoms with Gasteiger partial charge in [-0.2, -0.15) is 17.0 Å². The molecule has 0 radical (unpaired) electrons. The van der Waals surface area contributed by atoms with Gasteiger partial charge in [-0.15, -0.1) is 0 Å².